The molecule has 0 amide bonds. The first-order valence-electron chi connectivity index (χ1n) is 5.29. The van der Waals surface area contributed by atoms with Gasteiger partial charge < -0.3 is 25.2 Å². The van der Waals surface area contributed by atoms with Crippen molar-refractivity contribution in [1.82, 2.24) is 0 Å². The van der Waals surface area contributed by atoms with Gasteiger partial charge in [0.25, 0.3) is 0 Å². The van der Waals surface area contributed by atoms with Crippen LogP contribution in [0.1, 0.15) is 26.7 Å². The van der Waals surface area contributed by atoms with Crippen LogP contribution >= 0.6 is 0 Å². The van der Waals surface area contributed by atoms with E-state index in [2.05, 4.69) is 0 Å². The first-order valence-corrected chi connectivity index (χ1v) is 5.29. The third-order valence-corrected chi connectivity index (χ3v) is 3.03. The molecule has 90 valence electrons. The third-order valence-electron chi connectivity index (χ3n) is 3.03. The smallest absolute Gasteiger partial charge is 0.111 e. The highest BCUT2D eigenvalue weighted by molar-refractivity contribution is 4.99. The van der Waals surface area contributed by atoms with Crippen LogP contribution in [0, 0.1) is 0 Å². The molecule has 5 atom stereocenters. The van der Waals surface area contributed by atoms with E-state index in [9.17, 15) is 15.3 Å². The fraction of sp³-hybridized carbons (Fsp3) is 1.00. The van der Waals surface area contributed by atoms with Crippen LogP contribution < -0.4 is 0 Å². The van der Waals surface area contributed by atoms with Crippen molar-refractivity contribution in [3.63, 3.8) is 0 Å². The predicted octanol–water partition coefficient (Wildman–Crippen LogP) is -0.981. The van der Waals surface area contributed by atoms with Crippen molar-refractivity contribution in [1.29, 1.82) is 0 Å². The second kappa shape index (κ2) is 4.76. The van der Waals surface area contributed by atoms with Gasteiger partial charge in [0.15, 0.2) is 0 Å². The lowest BCUT2D eigenvalue weighted by atomic mass is 9.83. The van der Waals surface area contributed by atoms with Crippen LogP contribution in [0.15, 0.2) is 0 Å². The van der Waals surface area contributed by atoms with E-state index in [1.807, 2.05) is 6.92 Å². The summed E-state index contributed by atoms with van der Waals surface area (Å²) in [5, 5.41) is 37.9. The van der Waals surface area contributed by atoms with Gasteiger partial charge >= 0.3 is 0 Å². The molecule has 0 unspecified atom stereocenters. The average molecular weight is 220 g/mol. The Kier molecular flexibility index (Phi) is 4.08. The zero-order valence-electron chi connectivity index (χ0n) is 9.13. The van der Waals surface area contributed by atoms with Gasteiger partial charge in [-0.25, -0.2) is 0 Å². The second-order valence-corrected chi connectivity index (χ2v) is 4.33. The Morgan fingerprint density at radius 3 is 2.27 bits per heavy atom. The van der Waals surface area contributed by atoms with E-state index >= 15 is 0 Å². The molecule has 0 radical (unpaired) electrons. The summed E-state index contributed by atoms with van der Waals surface area (Å²) in [5.41, 5.74) is -0.902. The topological polar surface area (TPSA) is 90.2 Å². The molecule has 1 saturated heterocycles. The van der Waals surface area contributed by atoms with Crippen LogP contribution in [0.4, 0.5) is 0 Å². The number of aliphatic hydroxyl groups is 4. The van der Waals surface area contributed by atoms with E-state index in [0.29, 0.717) is 6.42 Å². The molecule has 1 rings (SSSR count). The maximum absolute atomic E-state index is 9.79. The molecule has 0 aromatic heterocycles. The minimum atomic E-state index is -1.27. The number of hydrogen-bond donors (Lipinski definition) is 4. The molecule has 0 aromatic carbocycles. The molecule has 0 bridgehead atoms. The Morgan fingerprint density at radius 2 is 1.80 bits per heavy atom. The van der Waals surface area contributed by atoms with Crippen LogP contribution in [-0.4, -0.2) is 57.0 Å². The zero-order valence-corrected chi connectivity index (χ0v) is 9.13. The Hall–Kier alpha value is -0.200. The van der Waals surface area contributed by atoms with Gasteiger partial charge in [0.05, 0.1) is 12.2 Å². The standard InChI is InChI=1S/C10H20O5/c1-3-4-10(2)9(14)8(13)7(12)6(5-11)15-10/h6-9,11-14H,3-5H2,1-2H3/t6-,7-,8+,9-,10+/m1/s1. The largest absolute Gasteiger partial charge is 0.394 e. The lowest BCUT2D eigenvalue weighted by Gasteiger charge is -2.47. The normalized spacial score (nSPS) is 46.8. The first-order chi connectivity index (χ1) is 6.96. The highest BCUT2D eigenvalue weighted by Crippen LogP contribution is 2.33. The molecule has 1 heterocycles. The van der Waals surface area contributed by atoms with Gasteiger partial charge in [-0.1, -0.05) is 13.3 Å². The second-order valence-electron chi connectivity index (χ2n) is 4.33. The zero-order chi connectivity index (χ0) is 11.6. The van der Waals surface area contributed by atoms with Gasteiger partial charge in [-0.2, -0.15) is 0 Å². The van der Waals surface area contributed by atoms with Crippen LogP contribution in [0.3, 0.4) is 0 Å². The maximum Gasteiger partial charge on any atom is 0.111 e. The molecule has 5 nitrogen and oxygen atoms in total. The van der Waals surface area contributed by atoms with Crippen molar-refractivity contribution >= 4 is 0 Å². The molecule has 0 saturated carbocycles. The molecule has 1 fully saturated rings. The van der Waals surface area contributed by atoms with Crippen molar-refractivity contribution in [2.75, 3.05) is 6.61 Å². The summed E-state index contributed by atoms with van der Waals surface area (Å²) in [5.74, 6) is 0. The third kappa shape index (κ3) is 2.32. The number of aliphatic hydroxyl groups excluding tert-OH is 4. The van der Waals surface area contributed by atoms with Gasteiger partial charge in [-0.15, -0.1) is 0 Å². The molecule has 4 N–H and O–H groups in total. The lowest BCUT2D eigenvalue weighted by molar-refractivity contribution is -0.270. The Bertz CT molecular complexity index is 208. The van der Waals surface area contributed by atoms with Gasteiger partial charge in [0.2, 0.25) is 0 Å². The minimum Gasteiger partial charge on any atom is -0.394 e. The molecular formula is C10H20O5. The maximum atomic E-state index is 9.79. The van der Waals surface area contributed by atoms with E-state index in [4.69, 9.17) is 9.84 Å². The highest BCUT2D eigenvalue weighted by atomic mass is 16.6. The number of rotatable bonds is 3. The summed E-state index contributed by atoms with van der Waals surface area (Å²) in [6, 6.07) is 0. The molecule has 1 aliphatic heterocycles. The van der Waals surface area contributed by atoms with Crippen molar-refractivity contribution in [3.05, 3.63) is 0 Å². The number of ether oxygens (including phenoxy) is 1. The monoisotopic (exact) mass is 220 g/mol. The summed E-state index contributed by atoms with van der Waals surface area (Å²) in [6.45, 7) is 3.25. The fourth-order valence-corrected chi connectivity index (χ4v) is 2.10. The highest BCUT2D eigenvalue weighted by Gasteiger charge is 2.49. The van der Waals surface area contributed by atoms with E-state index in [1.54, 1.807) is 6.92 Å². The van der Waals surface area contributed by atoms with Crippen molar-refractivity contribution in [2.45, 2.75) is 56.7 Å². The summed E-state index contributed by atoms with van der Waals surface area (Å²) in [6.07, 6.45) is -3.12. The van der Waals surface area contributed by atoms with Gasteiger partial charge in [-0.3, -0.25) is 0 Å². The summed E-state index contributed by atoms with van der Waals surface area (Å²) in [4.78, 5) is 0. The summed E-state index contributed by atoms with van der Waals surface area (Å²) in [7, 11) is 0. The quantitative estimate of drug-likeness (QED) is 0.491. The van der Waals surface area contributed by atoms with E-state index in [0.717, 1.165) is 6.42 Å². The Labute approximate surface area is 89.3 Å². The van der Waals surface area contributed by atoms with Gasteiger partial charge in [0, 0.05) is 0 Å². The minimum absolute atomic E-state index is 0.371. The molecule has 5 heteroatoms. The SMILES string of the molecule is CCC[C@]1(C)O[C@H](CO)[C@@H](O)[C@H](O)[C@H]1O. The fourth-order valence-electron chi connectivity index (χ4n) is 2.10. The molecular weight excluding hydrogens is 200 g/mol. The molecule has 0 aliphatic carbocycles. The van der Waals surface area contributed by atoms with Crippen molar-refractivity contribution in [3.8, 4) is 0 Å². The molecule has 15 heavy (non-hydrogen) atoms. The molecule has 0 spiro atoms. The van der Waals surface area contributed by atoms with Crippen molar-refractivity contribution < 1.29 is 25.2 Å². The molecule has 1 aliphatic rings. The van der Waals surface area contributed by atoms with Crippen LogP contribution in [-0.2, 0) is 4.74 Å². The molecule has 0 aromatic rings. The van der Waals surface area contributed by atoms with E-state index in [-0.39, 0.29) is 6.61 Å². The van der Waals surface area contributed by atoms with E-state index < -0.39 is 30.0 Å². The average Bonchev–Trinajstić information content (AvgIpc) is 2.21. The Balaban J connectivity index is 2.82. The van der Waals surface area contributed by atoms with Gasteiger partial charge in [0.1, 0.15) is 24.4 Å². The van der Waals surface area contributed by atoms with Crippen molar-refractivity contribution in [2.24, 2.45) is 0 Å². The lowest BCUT2D eigenvalue weighted by Crippen LogP contribution is -2.63. The van der Waals surface area contributed by atoms with E-state index in [1.165, 1.54) is 0 Å². The van der Waals surface area contributed by atoms with Crippen LogP contribution in [0.25, 0.3) is 0 Å². The first kappa shape index (κ1) is 12.9. The summed E-state index contributed by atoms with van der Waals surface area (Å²) < 4.78 is 5.45. The number of hydrogen-bond acceptors (Lipinski definition) is 5. The summed E-state index contributed by atoms with van der Waals surface area (Å²) >= 11 is 0. The Morgan fingerprint density at radius 1 is 1.20 bits per heavy atom. The van der Waals surface area contributed by atoms with Crippen LogP contribution in [0.2, 0.25) is 0 Å². The van der Waals surface area contributed by atoms with Gasteiger partial charge in [-0.05, 0) is 13.3 Å². The van der Waals surface area contributed by atoms with Crippen LogP contribution in [0.5, 0.6) is 0 Å². The predicted molar refractivity (Wildman–Crippen MR) is 53.3 cm³/mol.